The van der Waals surface area contributed by atoms with Gasteiger partial charge >= 0.3 is 5.69 Å². The monoisotopic (exact) mass is 808 g/mol. The molecular formula is C48H52N6O6. The molecular weight excluding hydrogens is 757 g/mol. The first-order valence-corrected chi connectivity index (χ1v) is 19.8. The van der Waals surface area contributed by atoms with Gasteiger partial charge in [-0.05, 0) is 92.1 Å². The van der Waals surface area contributed by atoms with Crippen molar-refractivity contribution in [1.29, 1.82) is 0 Å². The number of hydrogen-bond acceptors (Lipinski definition) is 7. The summed E-state index contributed by atoms with van der Waals surface area (Å²) in [6.07, 6.45) is 0.665. The minimum absolute atomic E-state index is 0.218. The van der Waals surface area contributed by atoms with Crippen LogP contribution in [0.2, 0.25) is 0 Å². The summed E-state index contributed by atoms with van der Waals surface area (Å²) >= 11 is 0. The third kappa shape index (κ3) is 9.44. The van der Waals surface area contributed by atoms with Gasteiger partial charge in [-0.15, -0.1) is 0 Å². The predicted octanol–water partition coefficient (Wildman–Crippen LogP) is 6.71. The number of likely N-dealkylation sites (N-methyl/N-ethyl adjacent to an activating group) is 2. The van der Waals surface area contributed by atoms with Crippen LogP contribution < -0.4 is 35.6 Å². The molecule has 0 aliphatic rings. The zero-order chi connectivity index (χ0) is 42.9. The molecule has 0 radical (unpaired) electrons. The Balaban J connectivity index is 1.27. The summed E-state index contributed by atoms with van der Waals surface area (Å²) in [5, 5.41) is 6.14. The van der Waals surface area contributed by atoms with Gasteiger partial charge in [0.05, 0.1) is 31.3 Å². The Bertz CT molecular complexity index is 2310. The van der Waals surface area contributed by atoms with E-state index >= 15 is 0 Å². The fraction of sp³-hybridized carbons (Fsp3) is 0.250. The highest BCUT2D eigenvalue weighted by Gasteiger charge is 2.32. The smallest absolute Gasteiger partial charge is 0.330 e. The Morgan fingerprint density at radius 1 is 0.583 bits per heavy atom. The summed E-state index contributed by atoms with van der Waals surface area (Å²) < 4.78 is 13.4. The molecule has 0 saturated carbocycles. The van der Waals surface area contributed by atoms with Gasteiger partial charge in [-0.2, -0.15) is 0 Å². The first kappa shape index (κ1) is 42.5. The number of aromatic nitrogens is 2. The van der Waals surface area contributed by atoms with E-state index in [9.17, 15) is 19.2 Å². The number of hydrogen-bond donors (Lipinski definition) is 2. The highest BCUT2D eigenvalue weighted by molar-refractivity contribution is 5.99. The number of rotatable bonds is 17. The number of nitrogens with one attached hydrogen (secondary N) is 2. The molecule has 0 aliphatic heterocycles. The number of fused-ring (bicyclic) bond motifs is 1. The van der Waals surface area contributed by atoms with Crippen molar-refractivity contribution >= 4 is 40.1 Å². The van der Waals surface area contributed by atoms with Crippen LogP contribution in [0.1, 0.15) is 37.1 Å². The van der Waals surface area contributed by atoms with Crippen LogP contribution in [0.4, 0.5) is 11.4 Å². The lowest BCUT2D eigenvalue weighted by molar-refractivity contribution is -0.129. The van der Waals surface area contributed by atoms with Crippen LogP contribution in [0, 0.1) is 0 Å². The molecule has 3 unspecified atom stereocenters. The van der Waals surface area contributed by atoms with E-state index in [-0.39, 0.29) is 12.3 Å². The lowest BCUT2D eigenvalue weighted by atomic mass is 10.0. The lowest BCUT2D eigenvalue weighted by Gasteiger charge is -2.30. The Hall–Kier alpha value is -7.08. The first-order chi connectivity index (χ1) is 28.9. The molecule has 0 fully saturated rings. The highest BCUT2D eigenvalue weighted by Crippen LogP contribution is 2.26. The van der Waals surface area contributed by atoms with Crippen molar-refractivity contribution in [2.75, 3.05) is 38.1 Å². The van der Waals surface area contributed by atoms with Crippen molar-refractivity contribution in [3.8, 4) is 11.5 Å². The van der Waals surface area contributed by atoms with Gasteiger partial charge in [0.15, 0.2) is 0 Å². The third-order valence-corrected chi connectivity index (χ3v) is 10.9. The van der Waals surface area contributed by atoms with Crippen molar-refractivity contribution in [2.45, 2.75) is 50.9 Å². The Labute approximate surface area is 350 Å². The molecule has 6 rings (SSSR count). The summed E-state index contributed by atoms with van der Waals surface area (Å²) in [6, 6.07) is 37.3. The average molecular weight is 809 g/mol. The second-order valence-electron chi connectivity index (χ2n) is 14.7. The Kier molecular flexibility index (Phi) is 13.5. The summed E-state index contributed by atoms with van der Waals surface area (Å²) in [5.41, 5.74) is 4.36. The molecule has 60 heavy (non-hydrogen) atoms. The number of carbonyl (C=O) groups excluding carboxylic acids is 3. The lowest BCUT2D eigenvalue weighted by Crippen LogP contribution is -2.51. The fourth-order valence-electron chi connectivity index (χ4n) is 7.29. The molecule has 1 heterocycles. The number of amides is 3. The van der Waals surface area contributed by atoms with Crippen LogP contribution in [-0.2, 0) is 27.2 Å². The summed E-state index contributed by atoms with van der Waals surface area (Å²) in [6.45, 7) is 7.68. The van der Waals surface area contributed by atoms with E-state index in [2.05, 4.69) is 17.2 Å². The molecule has 0 spiro atoms. The van der Waals surface area contributed by atoms with Crippen molar-refractivity contribution in [3.63, 3.8) is 0 Å². The molecule has 12 heteroatoms. The van der Waals surface area contributed by atoms with E-state index in [1.54, 1.807) is 83.6 Å². The molecule has 3 amide bonds. The Morgan fingerprint density at radius 3 is 1.40 bits per heavy atom. The van der Waals surface area contributed by atoms with E-state index in [1.165, 1.54) is 14.0 Å². The van der Waals surface area contributed by atoms with Crippen molar-refractivity contribution in [1.82, 2.24) is 19.8 Å². The van der Waals surface area contributed by atoms with Crippen LogP contribution in [0.15, 0.2) is 151 Å². The number of para-hydroxylation sites is 2. The number of anilines is 2. The second kappa shape index (κ2) is 19.1. The maximum atomic E-state index is 14.5. The quantitative estimate of drug-likeness (QED) is 0.105. The zero-order valence-electron chi connectivity index (χ0n) is 34.9. The van der Waals surface area contributed by atoms with Gasteiger partial charge in [-0.3, -0.25) is 23.5 Å². The molecule has 1 aromatic heterocycles. The minimum atomic E-state index is -1.06. The SMILES string of the molecule is C=C(C(Cc1ccccc1)NC(=O)C(C)n1c(=O)n(C(C)C(=O)N[C@@H](Cc2ccccc2)C(=O)N(C)c2ccc(OC)cc2)c2ccccc21)N(C)c1ccc(OC)cc1. The average Bonchev–Trinajstić information content (AvgIpc) is 3.58. The maximum absolute atomic E-state index is 14.5. The van der Waals surface area contributed by atoms with E-state index in [0.717, 1.165) is 22.6 Å². The normalized spacial score (nSPS) is 13.0. The maximum Gasteiger partial charge on any atom is 0.330 e. The van der Waals surface area contributed by atoms with Crippen LogP contribution in [0.3, 0.4) is 0 Å². The molecule has 0 bridgehead atoms. The van der Waals surface area contributed by atoms with Crippen LogP contribution in [-0.4, -0.2) is 67.3 Å². The molecule has 12 nitrogen and oxygen atoms in total. The number of nitrogens with zero attached hydrogens (tertiary/aromatic N) is 4. The van der Waals surface area contributed by atoms with Crippen molar-refractivity contribution in [2.24, 2.45) is 0 Å². The molecule has 0 aliphatic carbocycles. The highest BCUT2D eigenvalue weighted by atomic mass is 16.5. The molecule has 6 aromatic rings. The first-order valence-electron chi connectivity index (χ1n) is 19.8. The number of imidazole rings is 1. The van der Waals surface area contributed by atoms with Gasteiger partial charge in [0.25, 0.3) is 0 Å². The van der Waals surface area contributed by atoms with Gasteiger partial charge in [-0.1, -0.05) is 79.4 Å². The van der Waals surface area contributed by atoms with E-state index < -0.39 is 41.7 Å². The van der Waals surface area contributed by atoms with Gasteiger partial charge in [0.2, 0.25) is 17.7 Å². The third-order valence-electron chi connectivity index (χ3n) is 10.9. The number of ether oxygens (including phenoxy) is 2. The molecule has 4 atom stereocenters. The van der Waals surface area contributed by atoms with Gasteiger partial charge < -0.3 is 29.9 Å². The van der Waals surface area contributed by atoms with Crippen LogP contribution in [0.5, 0.6) is 11.5 Å². The van der Waals surface area contributed by atoms with E-state index in [1.807, 2.05) is 96.9 Å². The summed E-state index contributed by atoms with van der Waals surface area (Å²) in [4.78, 5) is 60.6. The van der Waals surface area contributed by atoms with Gasteiger partial charge in [-0.25, -0.2) is 4.79 Å². The molecule has 310 valence electrons. The largest absolute Gasteiger partial charge is 0.497 e. The van der Waals surface area contributed by atoms with Crippen molar-refractivity contribution in [3.05, 3.63) is 167 Å². The summed E-state index contributed by atoms with van der Waals surface area (Å²) in [7, 11) is 6.72. The standard InChI is InChI=1S/C48H52N6O6/c1-32(51(4)37-22-26-39(59-6)27-23-37)41(30-35-16-10-8-11-17-35)49-45(55)33(2)53-43-20-14-15-21-44(43)54(48(53)58)34(3)46(56)50-42(31-36-18-12-9-13-19-36)47(57)52(5)38-24-28-40(60-7)29-25-38/h8-29,33-34,41-42H,1,30-31H2,2-7H3,(H,49,55)(H,50,56)/t33?,34?,41?,42-/m0/s1. The van der Waals surface area contributed by atoms with Crippen molar-refractivity contribution < 1.29 is 23.9 Å². The Morgan fingerprint density at radius 2 is 0.967 bits per heavy atom. The van der Waals surface area contributed by atoms with E-state index in [4.69, 9.17) is 9.47 Å². The second-order valence-corrected chi connectivity index (χ2v) is 14.7. The van der Waals surface area contributed by atoms with Crippen LogP contribution in [0.25, 0.3) is 11.0 Å². The number of carbonyl (C=O) groups is 3. The molecule has 5 aromatic carbocycles. The summed E-state index contributed by atoms with van der Waals surface area (Å²) in [5.74, 6) is 0.0883. The fourth-order valence-corrected chi connectivity index (χ4v) is 7.29. The van der Waals surface area contributed by atoms with Crippen LogP contribution >= 0.6 is 0 Å². The predicted molar refractivity (Wildman–Crippen MR) is 237 cm³/mol. The zero-order valence-corrected chi connectivity index (χ0v) is 34.9. The number of benzene rings is 5. The minimum Gasteiger partial charge on any atom is -0.497 e. The molecule has 0 saturated heterocycles. The topological polar surface area (TPSA) is 127 Å². The van der Waals surface area contributed by atoms with Gasteiger partial charge in [0.1, 0.15) is 29.6 Å². The van der Waals surface area contributed by atoms with E-state index in [0.29, 0.717) is 34.6 Å². The molecule has 2 N–H and O–H groups in total. The van der Waals surface area contributed by atoms with Gasteiger partial charge in [0, 0.05) is 37.6 Å². The number of methoxy groups -OCH3 is 2.